The monoisotopic (exact) mass is 446 g/mol. The zero-order chi connectivity index (χ0) is 21.5. The Labute approximate surface area is 182 Å². The molecule has 0 aliphatic carbocycles. The first-order valence-electron chi connectivity index (χ1n) is 9.00. The summed E-state index contributed by atoms with van der Waals surface area (Å²) in [6, 6.07) is 19.8. The molecule has 0 fully saturated rings. The van der Waals surface area contributed by atoms with Crippen LogP contribution in [-0.2, 0) is 9.53 Å². The molecule has 0 spiro atoms. The van der Waals surface area contributed by atoms with E-state index < -0.39 is 30.0 Å². The lowest BCUT2D eigenvalue weighted by Crippen LogP contribution is -2.16. The van der Waals surface area contributed by atoms with Gasteiger partial charge >= 0.3 is 5.97 Å². The van der Waals surface area contributed by atoms with E-state index in [2.05, 4.69) is 0 Å². The van der Waals surface area contributed by atoms with Gasteiger partial charge in [-0.05, 0) is 41.5 Å². The molecule has 1 atom stereocenters. The fourth-order valence-electron chi connectivity index (χ4n) is 2.74. The minimum absolute atomic E-state index is 0.00719. The summed E-state index contributed by atoms with van der Waals surface area (Å²) in [5.41, 5.74) is 1.93. The predicted molar refractivity (Wildman–Crippen MR) is 114 cm³/mol. The highest BCUT2D eigenvalue weighted by molar-refractivity contribution is 8.00. The Morgan fingerprint density at radius 3 is 2.23 bits per heavy atom. The number of hydrogen-bond donors (Lipinski definition) is 0. The number of halogens is 3. The van der Waals surface area contributed by atoms with Crippen LogP contribution in [0.1, 0.15) is 26.7 Å². The van der Waals surface area contributed by atoms with Crippen LogP contribution in [0.5, 0.6) is 0 Å². The SMILES string of the molecule is O=C(CSC(c1ccccc1)c1ccc(Cl)cc1)OCC(=O)c1ccc(F)c(F)c1. The molecule has 0 aromatic heterocycles. The first-order chi connectivity index (χ1) is 14.4. The molecule has 3 nitrogen and oxygen atoms in total. The van der Waals surface area contributed by atoms with Crippen molar-refractivity contribution in [2.75, 3.05) is 12.4 Å². The van der Waals surface area contributed by atoms with Crippen LogP contribution in [0.3, 0.4) is 0 Å². The van der Waals surface area contributed by atoms with Crippen LogP contribution in [0.15, 0.2) is 72.8 Å². The van der Waals surface area contributed by atoms with Gasteiger partial charge in [-0.25, -0.2) is 8.78 Å². The lowest BCUT2D eigenvalue weighted by atomic mass is 10.0. The van der Waals surface area contributed by atoms with Crippen LogP contribution < -0.4 is 0 Å². The van der Waals surface area contributed by atoms with Gasteiger partial charge in [0.15, 0.2) is 24.0 Å². The molecule has 0 saturated carbocycles. The Kier molecular flexibility index (Phi) is 7.60. The first kappa shape index (κ1) is 22.0. The Balaban J connectivity index is 1.61. The van der Waals surface area contributed by atoms with Gasteiger partial charge in [0.2, 0.25) is 0 Å². The number of ether oxygens (including phenoxy) is 1. The minimum atomic E-state index is -1.13. The summed E-state index contributed by atoms with van der Waals surface area (Å²) in [4.78, 5) is 24.2. The Morgan fingerprint density at radius 1 is 0.900 bits per heavy atom. The second-order valence-corrected chi connectivity index (χ2v) is 7.90. The van der Waals surface area contributed by atoms with Gasteiger partial charge in [0.1, 0.15) is 0 Å². The van der Waals surface area contributed by atoms with Crippen molar-refractivity contribution in [2.24, 2.45) is 0 Å². The average molecular weight is 447 g/mol. The van der Waals surface area contributed by atoms with Crippen molar-refractivity contribution in [3.63, 3.8) is 0 Å². The van der Waals surface area contributed by atoms with Crippen LogP contribution in [0, 0.1) is 11.6 Å². The topological polar surface area (TPSA) is 43.4 Å². The van der Waals surface area contributed by atoms with Crippen molar-refractivity contribution in [2.45, 2.75) is 5.25 Å². The number of carbonyl (C=O) groups is 2. The summed E-state index contributed by atoms with van der Waals surface area (Å²) in [6.07, 6.45) is 0. The van der Waals surface area contributed by atoms with Gasteiger partial charge in [-0.2, -0.15) is 0 Å². The highest BCUT2D eigenvalue weighted by Gasteiger charge is 2.18. The van der Waals surface area contributed by atoms with Crippen LogP contribution in [0.4, 0.5) is 8.78 Å². The molecule has 0 saturated heterocycles. The normalized spacial score (nSPS) is 11.7. The van der Waals surface area contributed by atoms with Gasteiger partial charge in [-0.3, -0.25) is 9.59 Å². The van der Waals surface area contributed by atoms with Crippen molar-refractivity contribution in [1.82, 2.24) is 0 Å². The number of hydrogen-bond acceptors (Lipinski definition) is 4. The molecule has 0 N–H and O–H groups in total. The maximum Gasteiger partial charge on any atom is 0.316 e. The van der Waals surface area contributed by atoms with E-state index in [-0.39, 0.29) is 16.6 Å². The van der Waals surface area contributed by atoms with Crippen LogP contribution in [0.2, 0.25) is 5.02 Å². The zero-order valence-electron chi connectivity index (χ0n) is 15.7. The fraction of sp³-hybridized carbons (Fsp3) is 0.130. The standard InChI is InChI=1S/C23H17ClF2O3S/c24-18-9-6-16(7-10-18)23(15-4-2-1-3-5-15)30-14-22(28)29-13-21(27)17-8-11-19(25)20(26)12-17/h1-12,23H,13-14H2. The molecule has 3 rings (SSSR count). The van der Waals surface area contributed by atoms with Crippen LogP contribution in [-0.4, -0.2) is 24.1 Å². The van der Waals surface area contributed by atoms with E-state index in [0.29, 0.717) is 5.02 Å². The molecule has 0 aliphatic heterocycles. The molecule has 7 heteroatoms. The van der Waals surface area contributed by atoms with E-state index in [0.717, 1.165) is 29.3 Å². The third-order valence-electron chi connectivity index (χ3n) is 4.25. The van der Waals surface area contributed by atoms with Gasteiger partial charge in [-0.15, -0.1) is 11.8 Å². The molecule has 0 aliphatic rings. The lowest BCUT2D eigenvalue weighted by Gasteiger charge is -2.17. The molecular formula is C23H17ClF2O3S. The maximum atomic E-state index is 13.2. The van der Waals surface area contributed by atoms with Crippen molar-refractivity contribution in [1.29, 1.82) is 0 Å². The molecule has 30 heavy (non-hydrogen) atoms. The van der Waals surface area contributed by atoms with E-state index in [9.17, 15) is 18.4 Å². The smallest absolute Gasteiger partial charge is 0.316 e. The largest absolute Gasteiger partial charge is 0.457 e. The van der Waals surface area contributed by atoms with Crippen LogP contribution in [0.25, 0.3) is 0 Å². The number of esters is 1. The van der Waals surface area contributed by atoms with Crippen molar-refractivity contribution in [3.8, 4) is 0 Å². The number of benzene rings is 3. The number of ketones is 1. The summed E-state index contributed by atoms with van der Waals surface area (Å²) in [6.45, 7) is -0.540. The average Bonchev–Trinajstić information content (AvgIpc) is 2.76. The van der Waals surface area contributed by atoms with E-state index >= 15 is 0 Å². The summed E-state index contributed by atoms with van der Waals surface area (Å²) < 4.78 is 31.2. The summed E-state index contributed by atoms with van der Waals surface area (Å²) in [5.74, 6) is -3.35. The second kappa shape index (κ2) is 10.4. The molecular weight excluding hydrogens is 430 g/mol. The zero-order valence-corrected chi connectivity index (χ0v) is 17.3. The molecule has 3 aromatic carbocycles. The summed E-state index contributed by atoms with van der Waals surface area (Å²) in [5, 5.41) is 0.489. The number of carbonyl (C=O) groups excluding carboxylic acids is 2. The minimum Gasteiger partial charge on any atom is -0.457 e. The number of rotatable bonds is 8. The van der Waals surface area contributed by atoms with E-state index in [1.165, 1.54) is 11.8 Å². The van der Waals surface area contributed by atoms with Gasteiger partial charge in [0.05, 0.1) is 11.0 Å². The molecule has 0 heterocycles. The van der Waals surface area contributed by atoms with Gasteiger partial charge in [-0.1, -0.05) is 54.1 Å². The van der Waals surface area contributed by atoms with Gasteiger partial charge in [0.25, 0.3) is 0 Å². The Hall–Kier alpha value is -2.70. The van der Waals surface area contributed by atoms with Crippen LogP contribution >= 0.6 is 23.4 Å². The highest BCUT2D eigenvalue weighted by atomic mass is 35.5. The van der Waals surface area contributed by atoms with E-state index in [1.54, 1.807) is 12.1 Å². The quantitative estimate of drug-likeness (QED) is 0.321. The Morgan fingerprint density at radius 2 is 1.57 bits per heavy atom. The maximum absolute atomic E-state index is 13.2. The first-order valence-corrected chi connectivity index (χ1v) is 10.4. The second-order valence-electron chi connectivity index (χ2n) is 6.37. The third-order valence-corrected chi connectivity index (χ3v) is 5.78. The molecule has 0 bridgehead atoms. The molecule has 0 amide bonds. The summed E-state index contributed by atoms with van der Waals surface area (Å²) in [7, 11) is 0. The molecule has 154 valence electrons. The highest BCUT2D eigenvalue weighted by Crippen LogP contribution is 2.36. The summed E-state index contributed by atoms with van der Waals surface area (Å²) >= 11 is 7.33. The number of Topliss-reactive ketones (excluding diaryl/α,β-unsaturated/α-hetero) is 1. The van der Waals surface area contributed by atoms with Gasteiger partial charge < -0.3 is 4.74 Å². The fourth-order valence-corrected chi connectivity index (χ4v) is 3.95. The van der Waals surface area contributed by atoms with E-state index in [4.69, 9.17) is 16.3 Å². The molecule has 1 unspecified atom stereocenters. The third kappa shape index (κ3) is 5.90. The predicted octanol–water partition coefficient (Wildman–Crippen LogP) is 5.87. The number of thioether (sulfide) groups is 1. The van der Waals surface area contributed by atoms with Crippen molar-refractivity contribution in [3.05, 3.63) is 106 Å². The molecule has 0 radical (unpaired) electrons. The van der Waals surface area contributed by atoms with Gasteiger partial charge in [0, 0.05) is 10.6 Å². The lowest BCUT2D eigenvalue weighted by molar-refractivity contribution is -0.139. The Bertz CT molecular complexity index is 1030. The van der Waals surface area contributed by atoms with E-state index in [1.807, 2.05) is 42.5 Å². The van der Waals surface area contributed by atoms with Crippen molar-refractivity contribution < 1.29 is 23.1 Å². The van der Waals surface area contributed by atoms with Crippen molar-refractivity contribution >= 4 is 35.1 Å². The molecule has 3 aromatic rings.